The predicted octanol–water partition coefficient (Wildman–Crippen LogP) is -0.325. The highest BCUT2D eigenvalue weighted by Gasteiger charge is 2.19. The lowest BCUT2D eigenvalue weighted by Gasteiger charge is -2.23. The van der Waals surface area contributed by atoms with Crippen LogP contribution in [0.25, 0.3) is 0 Å². The first-order valence-electron chi connectivity index (χ1n) is 6.03. The molecular formula is C11H19N3O4. The maximum atomic E-state index is 11.5. The fraction of sp³-hybridized carbons (Fsp3) is 0.727. The summed E-state index contributed by atoms with van der Waals surface area (Å²) in [7, 11) is 0. The smallest absolute Gasteiger partial charge is 0.315 e. The molecule has 1 rings (SSSR count). The van der Waals surface area contributed by atoms with Gasteiger partial charge in [-0.3, -0.25) is 9.59 Å². The lowest BCUT2D eigenvalue weighted by molar-refractivity contribution is -0.141. The number of piperidine rings is 1. The van der Waals surface area contributed by atoms with Gasteiger partial charge in [-0.25, -0.2) is 4.79 Å². The number of carboxylic acid groups (broad SMARTS) is 1. The first-order valence-corrected chi connectivity index (χ1v) is 6.03. The van der Waals surface area contributed by atoms with Gasteiger partial charge in [0, 0.05) is 25.6 Å². The number of carbonyl (C=O) groups is 3. The Morgan fingerprint density at radius 1 is 1.56 bits per heavy atom. The Balaban J connectivity index is 2.14. The van der Waals surface area contributed by atoms with Gasteiger partial charge in [0.15, 0.2) is 0 Å². The van der Waals surface area contributed by atoms with Crippen LogP contribution in [0.2, 0.25) is 0 Å². The van der Waals surface area contributed by atoms with Gasteiger partial charge in [-0.15, -0.1) is 0 Å². The molecule has 18 heavy (non-hydrogen) atoms. The van der Waals surface area contributed by atoms with Crippen LogP contribution < -0.4 is 16.0 Å². The number of urea groups is 1. The summed E-state index contributed by atoms with van der Waals surface area (Å²) in [6, 6.07) is -0.381. The summed E-state index contributed by atoms with van der Waals surface area (Å²) in [4.78, 5) is 32.9. The third-order valence-corrected chi connectivity index (χ3v) is 2.89. The lowest BCUT2D eigenvalue weighted by atomic mass is 10.1. The van der Waals surface area contributed by atoms with Crippen LogP contribution in [0.5, 0.6) is 0 Å². The molecule has 0 spiro atoms. The van der Waals surface area contributed by atoms with E-state index in [1.807, 2.05) is 0 Å². The zero-order chi connectivity index (χ0) is 13.5. The molecule has 1 saturated heterocycles. The number of aliphatic carboxylic acids is 1. The molecule has 0 radical (unpaired) electrons. The molecule has 3 amide bonds. The molecule has 0 aromatic rings. The quantitative estimate of drug-likeness (QED) is 0.541. The largest absolute Gasteiger partial charge is 0.481 e. The highest BCUT2D eigenvalue weighted by Crippen LogP contribution is 2.02. The fourth-order valence-corrected chi connectivity index (χ4v) is 1.62. The van der Waals surface area contributed by atoms with Gasteiger partial charge < -0.3 is 21.1 Å². The average Bonchev–Trinajstić information content (AvgIpc) is 2.32. The van der Waals surface area contributed by atoms with E-state index in [1.54, 1.807) is 6.92 Å². The molecule has 7 nitrogen and oxygen atoms in total. The van der Waals surface area contributed by atoms with E-state index in [4.69, 9.17) is 5.11 Å². The molecule has 0 aromatic carbocycles. The van der Waals surface area contributed by atoms with Crippen molar-refractivity contribution in [2.45, 2.75) is 32.2 Å². The normalized spacial score (nSPS) is 20.7. The Kier molecular flexibility index (Phi) is 5.41. The molecule has 4 N–H and O–H groups in total. The molecule has 7 heteroatoms. The molecule has 102 valence electrons. The number of amides is 3. The van der Waals surface area contributed by atoms with Gasteiger partial charge >= 0.3 is 12.0 Å². The van der Waals surface area contributed by atoms with E-state index < -0.39 is 11.9 Å². The molecule has 2 unspecified atom stereocenters. The van der Waals surface area contributed by atoms with Crippen molar-refractivity contribution >= 4 is 17.9 Å². The van der Waals surface area contributed by atoms with Crippen molar-refractivity contribution in [1.82, 2.24) is 16.0 Å². The number of hydrogen-bond acceptors (Lipinski definition) is 3. The Morgan fingerprint density at radius 3 is 2.83 bits per heavy atom. The second kappa shape index (κ2) is 6.83. The van der Waals surface area contributed by atoms with Crippen molar-refractivity contribution in [1.29, 1.82) is 0 Å². The highest BCUT2D eigenvalue weighted by molar-refractivity contribution is 5.78. The first-order chi connectivity index (χ1) is 8.49. The average molecular weight is 257 g/mol. The molecule has 1 heterocycles. The van der Waals surface area contributed by atoms with Crippen molar-refractivity contribution in [2.75, 3.05) is 13.1 Å². The minimum absolute atomic E-state index is 0.00346. The van der Waals surface area contributed by atoms with Crippen molar-refractivity contribution < 1.29 is 19.5 Å². The van der Waals surface area contributed by atoms with Crippen LogP contribution in [-0.2, 0) is 9.59 Å². The van der Waals surface area contributed by atoms with E-state index in [-0.39, 0.29) is 18.0 Å². The molecule has 1 aliphatic rings. The molecule has 0 aliphatic carbocycles. The van der Waals surface area contributed by atoms with Gasteiger partial charge in [0.1, 0.15) is 0 Å². The molecule has 0 aromatic heterocycles. The van der Waals surface area contributed by atoms with Gasteiger partial charge in [0.25, 0.3) is 0 Å². The predicted molar refractivity (Wildman–Crippen MR) is 64.0 cm³/mol. The molecule has 2 atom stereocenters. The van der Waals surface area contributed by atoms with Crippen molar-refractivity contribution in [2.24, 2.45) is 5.92 Å². The van der Waals surface area contributed by atoms with Crippen molar-refractivity contribution in [3.8, 4) is 0 Å². The van der Waals surface area contributed by atoms with E-state index in [0.717, 1.165) is 0 Å². The maximum Gasteiger partial charge on any atom is 0.315 e. The Bertz CT molecular complexity index is 322. The molecular weight excluding hydrogens is 238 g/mol. The Morgan fingerprint density at radius 2 is 2.28 bits per heavy atom. The molecule has 1 fully saturated rings. The van der Waals surface area contributed by atoms with Crippen LogP contribution in [0.3, 0.4) is 0 Å². The minimum Gasteiger partial charge on any atom is -0.481 e. The summed E-state index contributed by atoms with van der Waals surface area (Å²) < 4.78 is 0. The maximum absolute atomic E-state index is 11.5. The summed E-state index contributed by atoms with van der Waals surface area (Å²) in [6.07, 6.45) is 1.44. The second-order valence-corrected chi connectivity index (χ2v) is 4.47. The topological polar surface area (TPSA) is 108 Å². The van der Waals surface area contributed by atoms with Crippen LogP contribution in [-0.4, -0.2) is 42.1 Å². The summed E-state index contributed by atoms with van der Waals surface area (Å²) in [5, 5.41) is 16.7. The van der Waals surface area contributed by atoms with Gasteiger partial charge in [0.05, 0.1) is 5.92 Å². The van der Waals surface area contributed by atoms with E-state index in [1.165, 1.54) is 0 Å². The fourth-order valence-electron chi connectivity index (χ4n) is 1.62. The van der Waals surface area contributed by atoms with Crippen LogP contribution >= 0.6 is 0 Å². The zero-order valence-electron chi connectivity index (χ0n) is 10.4. The zero-order valence-corrected chi connectivity index (χ0v) is 10.4. The van der Waals surface area contributed by atoms with Crippen molar-refractivity contribution in [3.05, 3.63) is 0 Å². The number of carbonyl (C=O) groups excluding carboxylic acids is 2. The molecule has 0 saturated carbocycles. The Hall–Kier alpha value is -1.79. The monoisotopic (exact) mass is 257 g/mol. The van der Waals surface area contributed by atoms with Crippen LogP contribution in [0.15, 0.2) is 0 Å². The third kappa shape index (κ3) is 5.03. The van der Waals surface area contributed by atoms with Gasteiger partial charge in [-0.1, -0.05) is 6.92 Å². The lowest BCUT2D eigenvalue weighted by Crippen LogP contribution is -2.50. The number of carboxylic acids is 1. The summed E-state index contributed by atoms with van der Waals surface area (Å²) in [6.45, 7) is 2.36. The number of hydrogen-bond donors (Lipinski definition) is 4. The number of nitrogens with one attached hydrogen (secondary N) is 3. The van der Waals surface area contributed by atoms with Gasteiger partial charge in [-0.05, 0) is 12.8 Å². The van der Waals surface area contributed by atoms with E-state index in [2.05, 4.69) is 16.0 Å². The molecule has 1 aliphatic heterocycles. The van der Waals surface area contributed by atoms with Gasteiger partial charge in [0.2, 0.25) is 5.91 Å². The van der Waals surface area contributed by atoms with E-state index in [9.17, 15) is 14.4 Å². The summed E-state index contributed by atoms with van der Waals surface area (Å²) >= 11 is 0. The van der Waals surface area contributed by atoms with Crippen molar-refractivity contribution in [3.63, 3.8) is 0 Å². The van der Waals surface area contributed by atoms with Crippen LogP contribution in [0, 0.1) is 5.92 Å². The standard InChI is InChI=1S/C11H19N3O4/c1-7(10(16)17)4-5-12-11(18)14-8-2-3-9(15)13-6-8/h7-8H,2-6H2,1H3,(H,13,15)(H,16,17)(H2,12,14,18). The van der Waals surface area contributed by atoms with E-state index >= 15 is 0 Å². The van der Waals surface area contributed by atoms with Gasteiger partial charge in [-0.2, -0.15) is 0 Å². The first kappa shape index (κ1) is 14.3. The SMILES string of the molecule is CC(CCNC(=O)NC1CCC(=O)NC1)C(=O)O. The summed E-state index contributed by atoms with van der Waals surface area (Å²) in [5.41, 5.74) is 0. The Labute approximate surface area is 105 Å². The van der Waals surface area contributed by atoms with E-state index in [0.29, 0.717) is 32.4 Å². The minimum atomic E-state index is -0.868. The third-order valence-electron chi connectivity index (χ3n) is 2.89. The number of rotatable bonds is 5. The highest BCUT2D eigenvalue weighted by atomic mass is 16.4. The second-order valence-electron chi connectivity index (χ2n) is 4.47. The molecule has 0 bridgehead atoms. The summed E-state index contributed by atoms with van der Waals surface area (Å²) in [5.74, 6) is -1.34. The van der Waals surface area contributed by atoms with Crippen LogP contribution in [0.4, 0.5) is 4.79 Å². The van der Waals surface area contributed by atoms with Crippen LogP contribution in [0.1, 0.15) is 26.2 Å².